The molecule has 1 fully saturated rings. The average molecular weight is 249 g/mol. The highest BCUT2D eigenvalue weighted by Crippen LogP contribution is 2.18. The number of carboxylic acids is 1. The molecule has 0 aromatic heterocycles. The summed E-state index contributed by atoms with van der Waals surface area (Å²) in [6, 6.07) is 7.02. The van der Waals surface area contributed by atoms with Gasteiger partial charge < -0.3 is 10.2 Å². The first-order chi connectivity index (χ1) is 8.69. The van der Waals surface area contributed by atoms with Crippen LogP contribution in [0.15, 0.2) is 24.3 Å². The average Bonchev–Trinajstić information content (AvgIpc) is 2.39. The molecule has 1 aromatic rings. The van der Waals surface area contributed by atoms with Crippen molar-refractivity contribution >= 4 is 5.97 Å². The first-order valence-corrected chi connectivity index (χ1v) is 6.34. The van der Waals surface area contributed by atoms with Crippen LogP contribution >= 0.6 is 0 Å². The third kappa shape index (κ3) is 3.31. The second-order valence-corrected chi connectivity index (χ2v) is 4.93. The molecule has 0 radical (unpaired) electrons. The van der Waals surface area contributed by atoms with E-state index in [1.807, 2.05) is 12.1 Å². The highest BCUT2D eigenvalue weighted by Gasteiger charge is 2.19. The lowest BCUT2D eigenvalue weighted by Crippen LogP contribution is -2.36. The predicted molar refractivity (Wildman–Crippen MR) is 68.5 cm³/mol. The van der Waals surface area contributed by atoms with Gasteiger partial charge in [0.25, 0.3) is 0 Å². The maximum Gasteiger partial charge on any atom is 0.335 e. The maximum absolute atomic E-state index is 10.7. The molecule has 0 amide bonds. The fraction of sp³-hybridized carbons (Fsp3) is 0.500. The Kier molecular flexibility index (Phi) is 4.33. The van der Waals surface area contributed by atoms with Crippen LogP contribution in [0.1, 0.15) is 28.8 Å². The molecule has 2 rings (SSSR count). The van der Waals surface area contributed by atoms with E-state index in [0.29, 0.717) is 11.5 Å². The molecule has 4 nitrogen and oxygen atoms in total. The summed E-state index contributed by atoms with van der Waals surface area (Å²) in [6.45, 7) is 3.07. The van der Waals surface area contributed by atoms with Crippen molar-refractivity contribution in [3.05, 3.63) is 35.4 Å². The van der Waals surface area contributed by atoms with Crippen LogP contribution in [0.4, 0.5) is 0 Å². The van der Waals surface area contributed by atoms with E-state index in [4.69, 9.17) is 5.11 Å². The van der Waals surface area contributed by atoms with Gasteiger partial charge in [-0.3, -0.25) is 4.90 Å². The van der Waals surface area contributed by atoms with E-state index in [1.165, 1.54) is 0 Å². The number of aliphatic hydroxyl groups is 1. The summed E-state index contributed by atoms with van der Waals surface area (Å²) in [6.07, 6.45) is 2.23. The van der Waals surface area contributed by atoms with Gasteiger partial charge in [-0.1, -0.05) is 12.1 Å². The lowest BCUT2D eigenvalue weighted by atomic mass is 9.98. The van der Waals surface area contributed by atoms with E-state index in [0.717, 1.165) is 38.0 Å². The van der Waals surface area contributed by atoms with Gasteiger partial charge in [0.1, 0.15) is 0 Å². The molecule has 1 heterocycles. The Morgan fingerprint density at radius 1 is 1.33 bits per heavy atom. The van der Waals surface area contributed by atoms with Crippen molar-refractivity contribution < 1.29 is 15.0 Å². The molecule has 0 aliphatic carbocycles. The number of hydrogen-bond donors (Lipinski definition) is 2. The highest BCUT2D eigenvalue weighted by atomic mass is 16.4. The van der Waals surface area contributed by atoms with Gasteiger partial charge in [0.2, 0.25) is 0 Å². The van der Waals surface area contributed by atoms with Gasteiger partial charge in [-0.15, -0.1) is 0 Å². The Hall–Kier alpha value is -1.39. The first-order valence-electron chi connectivity index (χ1n) is 6.34. The second-order valence-electron chi connectivity index (χ2n) is 4.93. The Bertz CT molecular complexity index is 402. The van der Waals surface area contributed by atoms with E-state index in [-0.39, 0.29) is 6.61 Å². The van der Waals surface area contributed by atoms with Gasteiger partial charge in [-0.2, -0.15) is 0 Å². The van der Waals surface area contributed by atoms with Gasteiger partial charge in [0, 0.05) is 19.7 Å². The molecule has 0 bridgehead atoms. The van der Waals surface area contributed by atoms with Crippen molar-refractivity contribution in [2.24, 2.45) is 5.92 Å². The molecule has 2 N–H and O–H groups in total. The van der Waals surface area contributed by atoms with Gasteiger partial charge in [0.15, 0.2) is 0 Å². The van der Waals surface area contributed by atoms with Gasteiger partial charge in [-0.25, -0.2) is 4.79 Å². The summed E-state index contributed by atoms with van der Waals surface area (Å²) in [5.41, 5.74) is 1.45. The van der Waals surface area contributed by atoms with Crippen molar-refractivity contribution in [1.82, 2.24) is 4.90 Å². The van der Waals surface area contributed by atoms with Crippen LogP contribution in [0, 0.1) is 5.92 Å². The van der Waals surface area contributed by atoms with Crippen LogP contribution in [-0.2, 0) is 6.54 Å². The zero-order valence-electron chi connectivity index (χ0n) is 10.4. The summed E-state index contributed by atoms with van der Waals surface area (Å²) >= 11 is 0. The SMILES string of the molecule is O=C(O)c1ccc(CN2CCCC(CO)C2)cc1. The van der Waals surface area contributed by atoms with Gasteiger partial charge in [-0.05, 0) is 43.0 Å². The molecule has 1 atom stereocenters. The normalized spacial score (nSPS) is 20.8. The van der Waals surface area contributed by atoms with Crippen molar-refractivity contribution in [1.29, 1.82) is 0 Å². The number of nitrogens with zero attached hydrogens (tertiary/aromatic N) is 1. The minimum atomic E-state index is -0.889. The topological polar surface area (TPSA) is 60.8 Å². The van der Waals surface area contributed by atoms with E-state index in [9.17, 15) is 9.90 Å². The van der Waals surface area contributed by atoms with Crippen molar-refractivity contribution in [3.63, 3.8) is 0 Å². The third-order valence-corrected chi connectivity index (χ3v) is 3.47. The number of piperidine rings is 1. The number of rotatable bonds is 4. The number of aromatic carboxylic acids is 1. The quantitative estimate of drug-likeness (QED) is 0.850. The summed E-state index contributed by atoms with van der Waals surface area (Å²) in [5.74, 6) is -0.503. The van der Waals surface area contributed by atoms with E-state index >= 15 is 0 Å². The second kappa shape index (κ2) is 5.98. The van der Waals surface area contributed by atoms with Crippen molar-refractivity contribution in [3.8, 4) is 0 Å². The fourth-order valence-electron chi connectivity index (χ4n) is 2.45. The maximum atomic E-state index is 10.7. The van der Waals surface area contributed by atoms with Crippen LogP contribution in [-0.4, -0.2) is 40.8 Å². The van der Waals surface area contributed by atoms with Gasteiger partial charge in [0.05, 0.1) is 5.56 Å². The number of hydrogen-bond acceptors (Lipinski definition) is 3. The summed E-state index contributed by atoms with van der Waals surface area (Å²) in [4.78, 5) is 13.1. The molecule has 1 aliphatic heterocycles. The van der Waals surface area contributed by atoms with E-state index < -0.39 is 5.97 Å². The zero-order chi connectivity index (χ0) is 13.0. The molecule has 98 valence electrons. The van der Waals surface area contributed by atoms with Crippen LogP contribution < -0.4 is 0 Å². The minimum absolute atomic E-state index is 0.258. The summed E-state index contributed by atoms with van der Waals surface area (Å²) in [7, 11) is 0. The molecule has 0 saturated carbocycles. The molecule has 18 heavy (non-hydrogen) atoms. The molecule has 1 unspecified atom stereocenters. The Morgan fingerprint density at radius 2 is 2.06 bits per heavy atom. The number of carbonyl (C=O) groups is 1. The van der Waals surface area contributed by atoms with E-state index in [2.05, 4.69) is 4.90 Å². The van der Waals surface area contributed by atoms with Crippen LogP contribution in [0.25, 0.3) is 0 Å². The number of likely N-dealkylation sites (tertiary alicyclic amines) is 1. The monoisotopic (exact) mass is 249 g/mol. The van der Waals surface area contributed by atoms with Crippen LogP contribution in [0.3, 0.4) is 0 Å². The molecule has 0 spiro atoms. The highest BCUT2D eigenvalue weighted by molar-refractivity contribution is 5.87. The van der Waals surface area contributed by atoms with Crippen molar-refractivity contribution in [2.45, 2.75) is 19.4 Å². The summed E-state index contributed by atoms with van der Waals surface area (Å²) < 4.78 is 0. The standard InChI is InChI=1S/C14H19NO3/c16-10-12-2-1-7-15(9-12)8-11-3-5-13(6-4-11)14(17)18/h3-6,12,16H,1-2,7-10H2,(H,17,18). The predicted octanol–water partition coefficient (Wildman–Crippen LogP) is 1.59. The number of benzene rings is 1. The smallest absolute Gasteiger partial charge is 0.335 e. The summed E-state index contributed by atoms with van der Waals surface area (Å²) in [5, 5.41) is 18.0. The number of carboxylic acid groups (broad SMARTS) is 1. The Labute approximate surface area is 107 Å². The third-order valence-electron chi connectivity index (χ3n) is 3.47. The molecule has 1 aliphatic rings. The number of aliphatic hydroxyl groups excluding tert-OH is 1. The molecular formula is C14H19NO3. The molecule has 1 saturated heterocycles. The van der Waals surface area contributed by atoms with Crippen LogP contribution in [0.2, 0.25) is 0 Å². The Balaban J connectivity index is 1.94. The lowest BCUT2D eigenvalue weighted by Gasteiger charge is -2.31. The van der Waals surface area contributed by atoms with Gasteiger partial charge >= 0.3 is 5.97 Å². The fourth-order valence-corrected chi connectivity index (χ4v) is 2.45. The van der Waals surface area contributed by atoms with E-state index in [1.54, 1.807) is 12.1 Å². The molecular weight excluding hydrogens is 230 g/mol. The Morgan fingerprint density at radius 3 is 2.67 bits per heavy atom. The van der Waals surface area contributed by atoms with Crippen LogP contribution in [0.5, 0.6) is 0 Å². The molecule has 4 heteroatoms. The minimum Gasteiger partial charge on any atom is -0.478 e. The lowest BCUT2D eigenvalue weighted by molar-refractivity contribution is 0.0697. The van der Waals surface area contributed by atoms with Crippen molar-refractivity contribution in [2.75, 3.05) is 19.7 Å². The largest absolute Gasteiger partial charge is 0.478 e. The first kappa shape index (κ1) is 13.1. The zero-order valence-corrected chi connectivity index (χ0v) is 10.4. The molecule has 1 aromatic carbocycles.